The lowest BCUT2D eigenvalue weighted by Crippen LogP contribution is -2.36. The third-order valence-corrected chi connectivity index (χ3v) is 3.12. The van der Waals surface area contributed by atoms with E-state index in [1.54, 1.807) is 12.3 Å². The van der Waals surface area contributed by atoms with Crippen LogP contribution in [0.2, 0.25) is 0 Å². The lowest BCUT2D eigenvalue weighted by atomic mass is 10.1. The maximum absolute atomic E-state index is 11.4. The van der Waals surface area contributed by atoms with Gasteiger partial charge in [0.2, 0.25) is 5.91 Å². The Labute approximate surface area is 106 Å². The molecular weight excluding hydrogens is 236 g/mol. The number of thioether (sulfide) groups is 1. The predicted octanol–water partition coefficient (Wildman–Crippen LogP) is 0.995. The molecule has 5 nitrogen and oxygen atoms in total. The molecule has 0 aliphatic heterocycles. The zero-order valence-corrected chi connectivity index (χ0v) is 10.9. The first-order valence-corrected chi connectivity index (χ1v) is 6.45. The van der Waals surface area contributed by atoms with Gasteiger partial charge in [0.05, 0.1) is 5.75 Å². The molecule has 94 valence electrons. The van der Waals surface area contributed by atoms with E-state index in [0.29, 0.717) is 11.6 Å². The molecule has 6 heteroatoms. The Morgan fingerprint density at radius 1 is 1.53 bits per heavy atom. The zero-order valence-electron chi connectivity index (χ0n) is 10.1. The summed E-state index contributed by atoms with van der Waals surface area (Å²) in [6, 6.07) is 5.43. The largest absolute Gasteiger partial charge is 0.325 e. The topological polar surface area (TPSA) is 80.0 Å². The molecule has 0 aromatic carbocycles. The molecule has 0 fully saturated rings. The standard InChI is InChI=1S/C11H18N4OS/c1-11(2,12)8-17-7-10(16)15-14-9-5-3-4-6-13-9/h3-6H,7-8,12H2,1-2H3,(H,13,14)(H,15,16). The SMILES string of the molecule is CC(C)(N)CSCC(=O)NNc1ccccn1. The second-order valence-corrected chi connectivity index (χ2v) is 5.36. The summed E-state index contributed by atoms with van der Waals surface area (Å²) in [5.41, 5.74) is 10.9. The van der Waals surface area contributed by atoms with Gasteiger partial charge in [-0.1, -0.05) is 6.07 Å². The van der Waals surface area contributed by atoms with Gasteiger partial charge in [0.15, 0.2) is 0 Å². The van der Waals surface area contributed by atoms with Crippen molar-refractivity contribution >= 4 is 23.5 Å². The molecule has 1 amide bonds. The number of nitrogens with one attached hydrogen (secondary N) is 2. The number of nitrogens with two attached hydrogens (primary N) is 1. The molecule has 0 saturated heterocycles. The van der Waals surface area contributed by atoms with Gasteiger partial charge in [0.1, 0.15) is 5.82 Å². The van der Waals surface area contributed by atoms with Crippen molar-refractivity contribution in [1.82, 2.24) is 10.4 Å². The fourth-order valence-corrected chi connectivity index (χ4v) is 1.90. The molecule has 0 aliphatic carbocycles. The Kier molecular flexibility index (Phi) is 5.24. The van der Waals surface area contributed by atoms with Gasteiger partial charge in [0.25, 0.3) is 0 Å². The monoisotopic (exact) mass is 254 g/mol. The molecule has 0 saturated carbocycles. The lowest BCUT2D eigenvalue weighted by Gasteiger charge is -2.17. The molecule has 0 unspecified atom stereocenters. The molecule has 0 atom stereocenters. The highest BCUT2D eigenvalue weighted by Crippen LogP contribution is 2.09. The van der Waals surface area contributed by atoms with Gasteiger partial charge in [-0.3, -0.25) is 15.6 Å². The maximum Gasteiger partial charge on any atom is 0.248 e. The third kappa shape index (κ3) is 6.80. The van der Waals surface area contributed by atoms with E-state index in [4.69, 9.17) is 5.73 Å². The average Bonchev–Trinajstić information content (AvgIpc) is 2.26. The molecule has 17 heavy (non-hydrogen) atoms. The number of hydrogen-bond acceptors (Lipinski definition) is 5. The second kappa shape index (κ2) is 6.46. The van der Waals surface area contributed by atoms with E-state index in [0.717, 1.165) is 5.75 Å². The smallest absolute Gasteiger partial charge is 0.248 e. The van der Waals surface area contributed by atoms with Crippen molar-refractivity contribution in [1.29, 1.82) is 0 Å². The number of rotatable bonds is 6. The van der Waals surface area contributed by atoms with Crippen LogP contribution in [0.15, 0.2) is 24.4 Å². The number of hydrogen-bond donors (Lipinski definition) is 3. The fraction of sp³-hybridized carbons (Fsp3) is 0.455. The van der Waals surface area contributed by atoms with Crippen LogP contribution in [-0.4, -0.2) is 27.9 Å². The van der Waals surface area contributed by atoms with Crippen molar-refractivity contribution in [2.75, 3.05) is 16.9 Å². The summed E-state index contributed by atoms with van der Waals surface area (Å²) in [6.45, 7) is 3.87. The Balaban J connectivity index is 2.18. The van der Waals surface area contributed by atoms with Crippen molar-refractivity contribution in [3.63, 3.8) is 0 Å². The first-order valence-electron chi connectivity index (χ1n) is 5.30. The van der Waals surface area contributed by atoms with Gasteiger partial charge < -0.3 is 5.73 Å². The number of nitrogens with zero attached hydrogens (tertiary/aromatic N) is 1. The normalized spacial score (nSPS) is 11.0. The van der Waals surface area contributed by atoms with Crippen molar-refractivity contribution in [2.45, 2.75) is 19.4 Å². The van der Waals surface area contributed by atoms with Crippen LogP contribution >= 0.6 is 11.8 Å². The van der Waals surface area contributed by atoms with Crippen molar-refractivity contribution in [2.24, 2.45) is 5.73 Å². The number of hydrazine groups is 1. The minimum atomic E-state index is -0.251. The summed E-state index contributed by atoms with van der Waals surface area (Å²) in [5, 5.41) is 0. The molecule has 4 N–H and O–H groups in total. The summed E-state index contributed by atoms with van der Waals surface area (Å²) in [4.78, 5) is 15.5. The van der Waals surface area contributed by atoms with Crippen LogP contribution in [0.3, 0.4) is 0 Å². The van der Waals surface area contributed by atoms with Gasteiger partial charge in [-0.05, 0) is 26.0 Å². The molecule has 1 rings (SSSR count). The minimum Gasteiger partial charge on any atom is -0.325 e. The molecule has 1 heterocycles. The molecule has 1 aromatic rings. The highest BCUT2D eigenvalue weighted by atomic mass is 32.2. The molecule has 0 bridgehead atoms. The van der Waals surface area contributed by atoms with E-state index in [1.807, 2.05) is 26.0 Å². The average molecular weight is 254 g/mol. The van der Waals surface area contributed by atoms with E-state index in [2.05, 4.69) is 15.8 Å². The number of anilines is 1. The Morgan fingerprint density at radius 2 is 2.29 bits per heavy atom. The van der Waals surface area contributed by atoms with E-state index in [-0.39, 0.29) is 11.4 Å². The Hall–Kier alpha value is -1.27. The van der Waals surface area contributed by atoms with Crippen LogP contribution in [0, 0.1) is 0 Å². The van der Waals surface area contributed by atoms with Crippen LogP contribution in [0.5, 0.6) is 0 Å². The number of pyridine rings is 1. The lowest BCUT2D eigenvalue weighted by molar-refractivity contribution is -0.118. The summed E-state index contributed by atoms with van der Waals surface area (Å²) >= 11 is 1.51. The highest BCUT2D eigenvalue weighted by Gasteiger charge is 2.11. The fourth-order valence-electron chi connectivity index (χ4n) is 1.01. The van der Waals surface area contributed by atoms with E-state index < -0.39 is 0 Å². The van der Waals surface area contributed by atoms with E-state index in [9.17, 15) is 4.79 Å². The van der Waals surface area contributed by atoms with Crippen molar-refractivity contribution in [3.05, 3.63) is 24.4 Å². The molecule has 0 spiro atoms. The van der Waals surface area contributed by atoms with Crippen LogP contribution in [0.25, 0.3) is 0 Å². The van der Waals surface area contributed by atoms with Gasteiger partial charge in [-0.15, -0.1) is 0 Å². The van der Waals surface area contributed by atoms with Gasteiger partial charge in [0, 0.05) is 17.5 Å². The van der Waals surface area contributed by atoms with Crippen LogP contribution < -0.4 is 16.6 Å². The number of aromatic nitrogens is 1. The number of carbonyl (C=O) groups excluding carboxylic acids is 1. The Morgan fingerprint density at radius 3 is 2.88 bits per heavy atom. The van der Waals surface area contributed by atoms with E-state index >= 15 is 0 Å². The van der Waals surface area contributed by atoms with Gasteiger partial charge in [-0.2, -0.15) is 11.8 Å². The quantitative estimate of drug-likeness (QED) is 0.660. The summed E-state index contributed by atoms with van der Waals surface area (Å²) < 4.78 is 0. The zero-order chi connectivity index (χ0) is 12.7. The van der Waals surface area contributed by atoms with Crippen LogP contribution in [-0.2, 0) is 4.79 Å². The maximum atomic E-state index is 11.4. The van der Waals surface area contributed by atoms with Crippen molar-refractivity contribution < 1.29 is 4.79 Å². The second-order valence-electron chi connectivity index (χ2n) is 4.37. The highest BCUT2D eigenvalue weighted by molar-refractivity contribution is 8.00. The van der Waals surface area contributed by atoms with Crippen molar-refractivity contribution in [3.8, 4) is 0 Å². The summed E-state index contributed by atoms with van der Waals surface area (Å²) in [6.07, 6.45) is 1.65. The molecular formula is C11H18N4OS. The molecule has 1 aromatic heterocycles. The first-order chi connectivity index (χ1) is 7.97. The third-order valence-electron chi connectivity index (χ3n) is 1.70. The first kappa shape index (κ1) is 13.8. The minimum absolute atomic E-state index is 0.0927. The number of amides is 1. The Bertz CT molecular complexity index is 350. The van der Waals surface area contributed by atoms with Gasteiger partial charge in [-0.25, -0.2) is 4.98 Å². The summed E-state index contributed by atoms with van der Waals surface area (Å²) in [5.74, 6) is 1.64. The summed E-state index contributed by atoms with van der Waals surface area (Å²) in [7, 11) is 0. The van der Waals surface area contributed by atoms with E-state index in [1.165, 1.54) is 11.8 Å². The predicted molar refractivity (Wildman–Crippen MR) is 71.6 cm³/mol. The molecule has 0 aliphatic rings. The van der Waals surface area contributed by atoms with Crippen LogP contribution in [0.1, 0.15) is 13.8 Å². The van der Waals surface area contributed by atoms with Crippen LogP contribution in [0.4, 0.5) is 5.82 Å². The molecule has 0 radical (unpaired) electrons. The van der Waals surface area contributed by atoms with Gasteiger partial charge >= 0.3 is 0 Å². The number of carbonyl (C=O) groups is 1.